The Kier molecular flexibility index (Phi) is 2.54. The number of hydrogen-bond acceptors (Lipinski definition) is 0. The smallest absolute Gasteiger partial charge is 0.0503 e. The zero-order valence-electron chi connectivity index (χ0n) is 7.96. The third-order valence-corrected chi connectivity index (χ3v) is 2.13. The molecule has 0 aliphatic heterocycles. The summed E-state index contributed by atoms with van der Waals surface area (Å²) in [5, 5.41) is 0. The van der Waals surface area contributed by atoms with Crippen molar-refractivity contribution >= 4 is 11.6 Å². The Morgan fingerprint density at radius 3 is 2.75 bits per heavy atom. The van der Waals surface area contributed by atoms with Crippen LogP contribution in [-0.2, 0) is 7.05 Å². The van der Waals surface area contributed by atoms with Crippen molar-refractivity contribution in [2.75, 3.05) is 0 Å². The van der Waals surface area contributed by atoms with Gasteiger partial charge in [-0.25, -0.2) is 0 Å². The van der Waals surface area contributed by atoms with Gasteiger partial charge < -0.3 is 4.57 Å². The Bertz CT molecular complexity index is 316. The molecule has 1 nitrogen and oxygen atoms in total. The maximum atomic E-state index is 3.78. The van der Waals surface area contributed by atoms with Gasteiger partial charge in [0, 0.05) is 13.2 Å². The van der Waals surface area contributed by atoms with Gasteiger partial charge in [0.15, 0.2) is 0 Å². The van der Waals surface area contributed by atoms with E-state index in [1.165, 1.54) is 16.8 Å². The van der Waals surface area contributed by atoms with Gasteiger partial charge in [0.05, 0.1) is 5.69 Å². The average molecular weight is 161 g/mol. The number of allylic oxidation sites excluding steroid dienone is 2. The Labute approximate surface area is 74.0 Å². The molecule has 0 unspecified atom stereocenters. The number of aryl methyl sites for hydroxylation is 1. The van der Waals surface area contributed by atoms with Crippen molar-refractivity contribution in [2.45, 2.75) is 13.8 Å². The van der Waals surface area contributed by atoms with Crippen molar-refractivity contribution in [2.24, 2.45) is 7.05 Å². The molecule has 0 radical (unpaired) electrons. The quantitative estimate of drug-likeness (QED) is 0.628. The lowest BCUT2D eigenvalue weighted by molar-refractivity contribution is 0.906. The van der Waals surface area contributed by atoms with Crippen LogP contribution in [-0.4, -0.2) is 4.57 Å². The molecule has 1 aromatic rings. The van der Waals surface area contributed by atoms with Crippen LogP contribution < -0.4 is 0 Å². The maximum absolute atomic E-state index is 3.78. The summed E-state index contributed by atoms with van der Waals surface area (Å²) in [4.78, 5) is 0. The van der Waals surface area contributed by atoms with Gasteiger partial charge in [-0.3, -0.25) is 0 Å². The molecule has 0 aromatic carbocycles. The van der Waals surface area contributed by atoms with Gasteiger partial charge in [-0.2, -0.15) is 0 Å². The molecule has 1 heteroatoms. The first-order valence-corrected chi connectivity index (χ1v) is 4.11. The fraction of sp³-hybridized carbons (Fsp3) is 0.273. The SMILES string of the molecule is C=Cc1ccn(C)c1/C(C)=C\C. The van der Waals surface area contributed by atoms with E-state index >= 15 is 0 Å². The average Bonchev–Trinajstić information content (AvgIpc) is 2.45. The highest BCUT2D eigenvalue weighted by atomic mass is 14.9. The number of rotatable bonds is 2. The minimum absolute atomic E-state index is 1.20. The summed E-state index contributed by atoms with van der Waals surface area (Å²) < 4.78 is 2.12. The lowest BCUT2D eigenvalue weighted by Crippen LogP contribution is -1.93. The van der Waals surface area contributed by atoms with Crippen LogP contribution >= 0.6 is 0 Å². The van der Waals surface area contributed by atoms with E-state index in [0.29, 0.717) is 0 Å². The molecule has 0 fully saturated rings. The summed E-state index contributed by atoms with van der Waals surface area (Å²) in [6.45, 7) is 7.95. The van der Waals surface area contributed by atoms with Crippen molar-refractivity contribution in [1.82, 2.24) is 4.57 Å². The van der Waals surface area contributed by atoms with E-state index in [1.807, 2.05) is 6.08 Å². The first-order chi connectivity index (χ1) is 5.70. The lowest BCUT2D eigenvalue weighted by atomic mass is 10.1. The first kappa shape index (κ1) is 8.85. The van der Waals surface area contributed by atoms with Crippen molar-refractivity contribution in [1.29, 1.82) is 0 Å². The molecule has 64 valence electrons. The molecule has 0 saturated heterocycles. The molecule has 1 aromatic heterocycles. The predicted molar refractivity (Wildman–Crippen MR) is 54.8 cm³/mol. The first-order valence-electron chi connectivity index (χ1n) is 4.11. The number of aromatic nitrogens is 1. The molecule has 0 amide bonds. The standard InChI is InChI=1S/C11H15N/c1-5-9(3)11-10(6-2)7-8-12(11)4/h5-8H,2H2,1,3-4H3/b9-5-. The van der Waals surface area contributed by atoms with Crippen LogP contribution in [0, 0.1) is 0 Å². The fourth-order valence-electron chi connectivity index (χ4n) is 1.36. The highest BCUT2D eigenvalue weighted by Crippen LogP contribution is 2.19. The van der Waals surface area contributed by atoms with Crippen molar-refractivity contribution < 1.29 is 0 Å². The molecule has 0 N–H and O–H groups in total. The van der Waals surface area contributed by atoms with E-state index in [4.69, 9.17) is 0 Å². The zero-order chi connectivity index (χ0) is 9.14. The van der Waals surface area contributed by atoms with Crippen molar-refractivity contribution in [3.63, 3.8) is 0 Å². The van der Waals surface area contributed by atoms with E-state index < -0.39 is 0 Å². The second kappa shape index (κ2) is 3.44. The van der Waals surface area contributed by atoms with Gasteiger partial charge in [0.2, 0.25) is 0 Å². The summed E-state index contributed by atoms with van der Waals surface area (Å²) in [6.07, 6.45) is 6.06. The maximum Gasteiger partial charge on any atom is 0.0503 e. The second-order valence-electron chi connectivity index (χ2n) is 2.91. The van der Waals surface area contributed by atoms with Crippen LogP contribution in [0.4, 0.5) is 0 Å². The molecule has 12 heavy (non-hydrogen) atoms. The predicted octanol–water partition coefficient (Wildman–Crippen LogP) is 3.09. The molecule has 0 saturated carbocycles. The van der Waals surface area contributed by atoms with Gasteiger partial charge in [0.1, 0.15) is 0 Å². The van der Waals surface area contributed by atoms with E-state index in [1.54, 1.807) is 0 Å². The normalized spacial score (nSPS) is 11.8. The molecule has 1 rings (SSSR count). The van der Waals surface area contributed by atoms with Gasteiger partial charge >= 0.3 is 0 Å². The summed E-state index contributed by atoms with van der Waals surface area (Å²) in [5.41, 5.74) is 3.75. The molecule has 0 aliphatic carbocycles. The van der Waals surface area contributed by atoms with Gasteiger partial charge in [-0.05, 0) is 31.1 Å². The topological polar surface area (TPSA) is 4.93 Å². The molecule has 0 atom stereocenters. The Balaban J connectivity index is 3.28. The van der Waals surface area contributed by atoms with Crippen LogP contribution in [0.2, 0.25) is 0 Å². The minimum Gasteiger partial charge on any atom is -0.350 e. The highest BCUT2D eigenvalue weighted by Gasteiger charge is 2.04. The third-order valence-electron chi connectivity index (χ3n) is 2.13. The van der Waals surface area contributed by atoms with Gasteiger partial charge in [-0.15, -0.1) is 0 Å². The van der Waals surface area contributed by atoms with Crippen LogP contribution in [0.15, 0.2) is 24.9 Å². The van der Waals surface area contributed by atoms with Gasteiger partial charge in [0.25, 0.3) is 0 Å². The molecular weight excluding hydrogens is 146 g/mol. The molecule has 0 spiro atoms. The van der Waals surface area contributed by atoms with E-state index in [2.05, 4.69) is 50.4 Å². The van der Waals surface area contributed by atoms with E-state index in [-0.39, 0.29) is 0 Å². The summed E-state index contributed by atoms with van der Waals surface area (Å²) in [7, 11) is 2.05. The fourth-order valence-corrected chi connectivity index (χ4v) is 1.36. The molecule has 0 aliphatic rings. The van der Waals surface area contributed by atoms with E-state index in [0.717, 1.165) is 0 Å². The van der Waals surface area contributed by atoms with Crippen LogP contribution in [0.1, 0.15) is 25.1 Å². The highest BCUT2D eigenvalue weighted by molar-refractivity contribution is 5.70. The molecular formula is C11H15N. The minimum atomic E-state index is 1.20. The summed E-state index contributed by atoms with van der Waals surface area (Å²) >= 11 is 0. The monoisotopic (exact) mass is 161 g/mol. The third kappa shape index (κ3) is 1.35. The van der Waals surface area contributed by atoms with E-state index in [9.17, 15) is 0 Å². The number of hydrogen-bond donors (Lipinski definition) is 0. The Morgan fingerprint density at radius 1 is 1.58 bits per heavy atom. The van der Waals surface area contributed by atoms with Crippen molar-refractivity contribution in [3.8, 4) is 0 Å². The number of nitrogens with zero attached hydrogens (tertiary/aromatic N) is 1. The van der Waals surface area contributed by atoms with Crippen LogP contribution in [0.25, 0.3) is 11.6 Å². The largest absolute Gasteiger partial charge is 0.350 e. The van der Waals surface area contributed by atoms with Crippen LogP contribution in [0.3, 0.4) is 0 Å². The molecule has 0 bridgehead atoms. The van der Waals surface area contributed by atoms with Crippen LogP contribution in [0.5, 0.6) is 0 Å². The lowest BCUT2D eigenvalue weighted by Gasteiger charge is -2.04. The Morgan fingerprint density at radius 2 is 2.25 bits per heavy atom. The summed E-state index contributed by atoms with van der Waals surface area (Å²) in [6, 6.07) is 2.08. The molecule has 1 heterocycles. The Hall–Kier alpha value is -1.24. The second-order valence-corrected chi connectivity index (χ2v) is 2.91. The van der Waals surface area contributed by atoms with Gasteiger partial charge in [-0.1, -0.05) is 18.7 Å². The zero-order valence-corrected chi connectivity index (χ0v) is 7.96. The van der Waals surface area contributed by atoms with Crippen molar-refractivity contribution in [3.05, 3.63) is 36.2 Å². The summed E-state index contributed by atoms with van der Waals surface area (Å²) in [5.74, 6) is 0.